The molecule has 0 saturated carbocycles. The van der Waals surface area contributed by atoms with Gasteiger partial charge in [-0.1, -0.05) is 12.2 Å². The first-order chi connectivity index (χ1) is 20.8. The molecule has 18 nitrogen and oxygen atoms in total. The predicted molar refractivity (Wildman–Crippen MR) is 143 cm³/mol. The number of carbonyl (C=O) groups excluding carboxylic acids is 2. The molecular weight excluding hydrogens is 588 g/mol. The van der Waals surface area contributed by atoms with Gasteiger partial charge in [-0.3, -0.25) is 40.5 Å². The van der Waals surface area contributed by atoms with Gasteiger partial charge in [-0.25, -0.2) is 9.97 Å². The van der Waals surface area contributed by atoms with Crippen LogP contribution in [-0.4, -0.2) is 31.6 Å². The number of hydrogen-bond acceptors (Lipinski definition) is 12. The second-order valence-corrected chi connectivity index (χ2v) is 8.08. The van der Waals surface area contributed by atoms with Gasteiger partial charge in [0.15, 0.2) is 24.8 Å². The summed E-state index contributed by atoms with van der Waals surface area (Å²) >= 11 is 0. The maximum Gasteiger partial charge on any atom is 0.276 e. The fourth-order valence-electron chi connectivity index (χ4n) is 3.06. The summed E-state index contributed by atoms with van der Waals surface area (Å²) in [6.45, 7) is 0. The Bertz CT molecular complexity index is 1450. The molecule has 0 aliphatic carbocycles. The molecule has 224 valence electrons. The van der Waals surface area contributed by atoms with Gasteiger partial charge >= 0.3 is 0 Å². The van der Waals surface area contributed by atoms with Crippen LogP contribution in [0.2, 0.25) is 0 Å². The number of aromatic carboxylic acids is 2. The molecule has 0 atom stereocenters. The number of carboxylic acid groups (broad SMARTS) is 2. The summed E-state index contributed by atoms with van der Waals surface area (Å²) in [5.41, 5.74) is -1.47. The molecule has 0 bridgehead atoms. The van der Waals surface area contributed by atoms with Crippen LogP contribution in [0.5, 0.6) is 0 Å². The number of nitrogens with one attached hydrogen (secondary N) is 2. The van der Waals surface area contributed by atoms with Crippen molar-refractivity contribution in [2.75, 3.05) is 0 Å². The lowest BCUT2D eigenvalue weighted by molar-refractivity contribution is -0.394. The van der Waals surface area contributed by atoms with Crippen molar-refractivity contribution < 1.29 is 49.5 Å². The van der Waals surface area contributed by atoms with E-state index >= 15 is 0 Å². The molecule has 2 heterocycles. The van der Waals surface area contributed by atoms with Crippen LogP contribution < -0.4 is 20.2 Å². The van der Waals surface area contributed by atoms with Gasteiger partial charge in [0, 0.05) is 59.7 Å². The minimum absolute atomic E-state index is 0.601. The van der Waals surface area contributed by atoms with E-state index in [1.54, 1.807) is 0 Å². The molecule has 2 aromatic heterocycles. The summed E-state index contributed by atoms with van der Waals surface area (Å²) in [6.07, 6.45) is 11.8. The van der Waals surface area contributed by atoms with E-state index in [0.29, 0.717) is 36.4 Å². The molecule has 2 N–H and O–H groups in total. The molecule has 44 heavy (non-hydrogen) atoms. The number of nitro groups is 4. The van der Waals surface area contributed by atoms with Crippen molar-refractivity contribution in [1.82, 2.24) is 0 Å². The van der Waals surface area contributed by atoms with Gasteiger partial charge in [0.25, 0.3) is 22.7 Å². The Morgan fingerprint density at radius 2 is 0.750 bits per heavy atom. The smallest absolute Gasteiger partial charge is 0.276 e. The first-order valence-corrected chi connectivity index (χ1v) is 11.7. The first-order valence-electron chi connectivity index (χ1n) is 11.7. The lowest BCUT2D eigenvalue weighted by Crippen LogP contribution is -2.22. The highest BCUT2D eigenvalue weighted by atomic mass is 16.6. The van der Waals surface area contributed by atoms with Crippen LogP contribution in [0, 0.1) is 40.5 Å². The minimum atomic E-state index is -1.71. The lowest BCUT2D eigenvalue weighted by atomic mass is 10.2. The van der Waals surface area contributed by atoms with E-state index in [-0.39, 0.29) is 0 Å². The van der Waals surface area contributed by atoms with E-state index in [0.717, 1.165) is 0 Å². The number of nitrogens with zero attached hydrogens (tertiary/aromatic N) is 4. The number of aromatic nitrogens is 2. The molecule has 4 rings (SSSR count). The molecule has 0 amide bonds. The zero-order chi connectivity index (χ0) is 32.8. The molecule has 0 unspecified atom stereocenters. The second kappa shape index (κ2) is 15.7. The van der Waals surface area contributed by atoms with Crippen LogP contribution in [-0.2, 0) is 0 Å². The average molecular weight is 606 g/mol. The van der Waals surface area contributed by atoms with E-state index in [9.17, 15) is 60.3 Å². The highest BCUT2D eigenvalue weighted by molar-refractivity contribution is 5.88. The van der Waals surface area contributed by atoms with Gasteiger partial charge in [-0.15, -0.1) is 0 Å². The third-order valence-electron chi connectivity index (χ3n) is 5.08. The number of hydrogen-bond donors (Lipinski definition) is 0. The Labute approximate surface area is 244 Å². The van der Waals surface area contributed by atoms with Crippen LogP contribution in [0.1, 0.15) is 31.8 Å². The Kier molecular flexibility index (Phi) is 11.9. The molecule has 0 aliphatic heterocycles. The largest absolute Gasteiger partial charge is 0.545 e. The van der Waals surface area contributed by atoms with E-state index < -0.39 is 65.5 Å². The number of aromatic amines is 2. The molecule has 0 radical (unpaired) electrons. The Morgan fingerprint density at radius 1 is 0.500 bits per heavy atom. The minimum Gasteiger partial charge on any atom is -0.545 e. The number of rotatable bonds is 8. The van der Waals surface area contributed by atoms with Gasteiger partial charge in [0.2, 0.25) is 0 Å². The molecule has 0 saturated heterocycles. The third-order valence-corrected chi connectivity index (χ3v) is 5.08. The fraction of sp³-hybridized carbons (Fsp3) is 0. The predicted octanol–water partition coefficient (Wildman–Crippen LogP) is 1.22. The Hall–Kier alpha value is -6.98. The Morgan fingerprint density at radius 3 is 0.955 bits per heavy atom. The molecule has 0 aliphatic rings. The summed E-state index contributed by atoms with van der Waals surface area (Å²) < 4.78 is 0. The highest BCUT2D eigenvalue weighted by Crippen LogP contribution is 2.23. The summed E-state index contributed by atoms with van der Waals surface area (Å²) in [7, 11) is 0. The fourth-order valence-corrected chi connectivity index (χ4v) is 3.06. The quantitative estimate of drug-likeness (QED) is 0.202. The van der Waals surface area contributed by atoms with Crippen molar-refractivity contribution in [2.24, 2.45) is 0 Å². The van der Waals surface area contributed by atoms with Crippen molar-refractivity contribution >= 4 is 46.8 Å². The van der Waals surface area contributed by atoms with Gasteiger partial charge in [0.1, 0.15) is 0 Å². The molecule has 0 fully saturated rings. The molecular formula is C26H18N6O12. The molecule has 18 heteroatoms. The van der Waals surface area contributed by atoms with Crippen molar-refractivity contribution in [3.05, 3.63) is 148 Å². The second-order valence-electron chi connectivity index (χ2n) is 8.08. The van der Waals surface area contributed by atoms with E-state index in [2.05, 4.69) is 22.1 Å². The summed E-state index contributed by atoms with van der Waals surface area (Å²) in [6, 6.07) is 12.3. The monoisotopic (exact) mass is 606 g/mol. The molecule has 4 aromatic rings. The zero-order valence-electron chi connectivity index (χ0n) is 21.9. The van der Waals surface area contributed by atoms with Gasteiger partial charge in [0.05, 0.1) is 43.8 Å². The van der Waals surface area contributed by atoms with Crippen LogP contribution in [0.3, 0.4) is 0 Å². The van der Waals surface area contributed by atoms with Gasteiger partial charge in [-0.2, -0.15) is 0 Å². The zero-order valence-corrected chi connectivity index (χ0v) is 21.9. The lowest BCUT2D eigenvalue weighted by Gasteiger charge is -2.01. The van der Waals surface area contributed by atoms with Crippen molar-refractivity contribution in [2.45, 2.75) is 0 Å². The van der Waals surface area contributed by atoms with Crippen LogP contribution in [0.4, 0.5) is 22.7 Å². The standard InChI is InChI=1S/C12H10N2.2C7H4N2O6/c1(11-3-7-13-8-4-11)2-12-5-9-14-10-6-12;2*10-7(11)4-1-5(8(12)13)3-6(2-4)9(14)15/h1-10H;2*1-3H,(H,10,11)/b2-1+;;. The number of carbonyl (C=O) groups is 2. The van der Waals surface area contributed by atoms with Crippen molar-refractivity contribution in [3.63, 3.8) is 0 Å². The number of non-ortho nitro benzene ring substituents is 4. The summed E-state index contributed by atoms with van der Waals surface area (Å²) in [5, 5.41) is 62.1. The number of H-pyrrole nitrogens is 2. The maximum atomic E-state index is 10.4. The topological polar surface area (TPSA) is 281 Å². The Balaban J connectivity index is 0.000000230. The average Bonchev–Trinajstić information content (AvgIpc) is 3.01. The maximum absolute atomic E-state index is 10.4. The van der Waals surface area contributed by atoms with Gasteiger partial charge in [-0.05, 0) is 11.1 Å². The first kappa shape index (κ1) is 33.2. The number of benzene rings is 2. The summed E-state index contributed by atoms with van der Waals surface area (Å²) in [5.74, 6) is -3.41. The number of carboxylic acids is 2. The van der Waals surface area contributed by atoms with Crippen molar-refractivity contribution in [1.29, 1.82) is 0 Å². The highest BCUT2D eigenvalue weighted by Gasteiger charge is 2.17. The van der Waals surface area contributed by atoms with Crippen LogP contribution in [0.15, 0.2) is 85.5 Å². The third kappa shape index (κ3) is 10.5. The normalized spacial score (nSPS) is 9.91. The number of pyridine rings is 2. The van der Waals surface area contributed by atoms with E-state index in [1.165, 1.54) is 11.1 Å². The molecule has 2 aromatic carbocycles. The van der Waals surface area contributed by atoms with E-state index in [4.69, 9.17) is 0 Å². The summed E-state index contributed by atoms with van der Waals surface area (Å²) in [4.78, 5) is 64.4. The SMILES string of the molecule is C(=C\c1cc[nH+]cc1)/c1cc[nH+]cc1.O=C([O-])c1cc([N+](=O)[O-])cc([N+](=O)[O-])c1.O=C([O-])c1cc([N+](=O)[O-])cc([N+](=O)[O-])c1. The van der Waals surface area contributed by atoms with E-state index in [1.807, 2.05) is 49.1 Å². The van der Waals surface area contributed by atoms with Crippen LogP contribution >= 0.6 is 0 Å². The van der Waals surface area contributed by atoms with Gasteiger partial charge < -0.3 is 19.8 Å². The molecule has 0 spiro atoms. The van der Waals surface area contributed by atoms with Crippen molar-refractivity contribution in [3.8, 4) is 0 Å². The van der Waals surface area contributed by atoms with Crippen LogP contribution in [0.25, 0.3) is 12.2 Å². The number of nitro benzene ring substituents is 4.